The molecule has 2 heterocycles. The number of aryl methyl sites for hydroxylation is 2. The summed E-state index contributed by atoms with van der Waals surface area (Å²) in [5.41, 5.74) is 1.64. The van der Waals surface area contributed by atoms with Crippen LogP contribution in [0, 0.1) is 13.8 Å². The first-order valence-corrected chi connectivity index (χ1v) is 7.18. The van der Waals surface area contributed by atoms with Gasteiger partial charge >= 0.3 is 0 Å². The van der Waals surface area contributed by atoms with Gasteiger partial charge in [0.25, 0.3) is 0 Å². The van der Waals surface area contributed by atoms with E-state index >= 15 is 0 Å². The van der Waals surface area contributed by atoms with Gasteiger partial charge in [0.05, 0.1) is 30.2 Å². The lowest BCUT2D eigenvalue weighted by Gasteiger charge is -2.00. The molecule has 0 radical (unpaired) electrons. The molecule has 0 aliphatic rings. The number of hydrogen-bond acceptors (Lipinski definition) is 5. The highest BCUT2D eigenvalue weighted by Crippen LogP contribution is 2.12. The second kappa shape index (κ2) is 6.16. The van der Waals surface area contributed by atoms with Gasteiger partial charge in [0.1, 0.15) is 10.8 Å². The van der Waals surface area contributed by atoms with Gasteiger partial charge in [-0.2, -0.15) is 0 Å². The third kappa shape index (κ3) is 3.78. The van der Waals surface area contributed by atoms with Crippen molar-refractivity contribution in [1.82, 2.24) is 15.3 Å². The van der Waals surface area contributed by atoms with E-state index in [0.29, 0.717) is 18.3 Å². The summed E-state index contributed by atoms with van der Waals surface area (Å²) in [7, 11) is 0. The number of oxazole rings is 1. The first-order chi connectivity index (χ1) is 9.08. The molecular weight excluding hydrogens is 286 g/mol. The monoisotopic (exact) mass is 299 g/mol. The Morgan fingerprint density at radius 3 is 2.84 bits per heavy atom. The maximum Gasteiger partial charge on any atom is 0.227 e. The van der Waals surface area contributed by atoms with E-state index in [1.807, 2.05) is 19.2 Å². The van der Waals surface area contributed by atoms with Crippen molar-refractivity contribution in [3.05, 3.63) is 33.4 Å². The molecule has 0 atom stereocenters. The van der Waals surface area contributed by atoms with E-state index in [9.17, 15) is 4.79 Å². The summed E-state index contributed by atoms with van der Waals surface area (Å²) in [6, 6.07) is 0. The number of alkyl halides is 1. The maximum absolute atomic E-state index is 11.7. The quantitative estimate of drug-likeness (QED) is 0.861. The van der Waals surface area contributed by atoms with E-state index in [1.54, 1.807) is 0 Å². The highest BCUT2D eigenvalue weighted by molar-refractivity contribution is 7.09. The van der Waals surface area contributed by atoms with Gasteiger partial charge in [-0.25, -0.2) is 9.97 Å². The number of halogens is 1. The Morgan fingerprint density at radius 1 is 1.47 bits per heavy atom. The van der Waals surface area contributed by atoms with Crippen LogP contribution in [0.3, 0.4) is 0 Å². The van der Waals surface area contributed by atoms with Gasteiger partial charge in [0.15, 0.2) is 0 Å². The molecule has 0 unspecified atom stereocenters. The van der Waals surface area contributed by atoms with Gasteiger partial charge in [-0.1, -0.05) is 0 Å². The van der Waals surface area contributed by atoms with Crippen LogP contribution in [0.4, 0.5) is 0 Å². The van der Waals surface area contributed by atoms with Crippen LogP contribution in [0.5, 0.6) is 0 Å². The molecule has 0 saturated heterocycles. The number of hydrogen-bond donors (Lipinski definition) is 1. The van der Waals surface area contributed by atoms with Crippen molar-refractivity contribution >= 4 is 28.8 Å². The molecule has 0 aliphatic carbocycles. The molecule has 0 bridgehead atoms. The Kier molecular flexibility index (Phi) is 4.55. The van der Waals surface area contributed by atoms with E-state index < -0.39 is 0 Å². The molecule has 0 aliphatic heterocycles. The minimum absolute atomic E-state index is 0.107. The molecule has 2 aromatic rings. The normalized spacial score (nSPS) is 10.7. The summed E-state index contributed by atoms with van der Waals surface area (Å²) < 4.78 is 5.38. The maximum atomic E-state index is 11.7. The summed E-state index contributed by atoms with van der Waals surface area (Å²) in [5.74, 6) is 1.55. The highest BCUT2D eigenvalue weighted by atomic mass is 35.5. The van der Waals surface area contributed by atoms with Crippen LogP contribution in [0.15, 0.2) is 9.80 Å². The molecule has 7 heteroatoms. The van der Waals surface area contributed by atoms with Crippen molar-refractivity contribution in [2.45, 2.75) is 32.7 Å². The first kappa shape index (κ1) is 14.0. The standard InChI is InChI=1S/C12H14ClN3O2S/c1-7-8(2)18-11(15-7)5-14-10(17)3-12-16-9(4-13)6-19-12/h6H,3-5H2,1-2H3,(H,14,17). The number of amides is 1. The van der Waals surface area contributed by atoms with Crippen molar-refractivity contribution in [1.29, 1.82) is 0 Å². The zero-order valence-electron chi connectivity index (χ0n) is 10.7. The zero-order valence-corrected chi connectivity index (χ0v) is 12.3. The molecule has 0 fully saturated rings. The van der Waals surface area contributed by atoms with Gasteiger partial charge in [0, 0.05) is 5.38 Å². The molecule has 0 aromatic carbocycles. The molecule has 2 aromatic heterocycles. The molecular formula is C12H14ClN3O2S. The van der Waals surface area contributed by atoms with Crippen molar-refractivity contribution in [3.8, 4) is 0 Å². The molecule has 1 N–H and O–H groups in total. The summed E-state index contributed by atoms with van der Waals surface area (Å²) in [5, 5.41) is 5.37. The largest absolute Gasteiger partial charge is 0.444 e. The number of nitrogens with one attached hydrogen (secondary N) is 1. The summed E-state index contributed by atoms with van der Waals surface area (Å²) in [6.45, 7) is 4.01. The molecule has 102 valence electrons. The fourth-order valence-corrected chi connectivity index (χ4v) is 2.50. The molecule has 5 nitrogen and oxygen atoms in total. The van der Waals surface area contributed by atoms with Crippen molar-refractivity contribution in [2.75, 3.05) is 0 Å². The molecule has 1 amide bonds. The second-order valence-electron chi connectivity index (χ2n) is 4.07. The van der Waals surface area contributed by atoms with Crippen molar-refractivity contribution in [3.63, 3.8) is 0 Å². The van der Waals surface area contributed by atoms with Crippen molar-refractivity contribution < 1.29 is 9.21 Å². The van der Waals surface area contributed by atoms with E-state index in [-0.39, 0.29) is 12.3 Å². The van der Waals surface area contributed by atoms with Crippen molar-refractivity contribution in [2.24, 2.45) is 0 Å². The summed E-state index contributed by atoms with van der Waals surface area (Å²) in [4.78, 5) is 20.2. The summed E-state index contributed by atoms with van der Waals surface area (Å²) in [6.07, 6.45) is 0.250. The lowest BCUT2D eigenvalue weighted by molar-refractivity contribution is -0.120. The number of thiazole rings is 1. The van der Waals surface area contributed by atoms with Crippen LogP contribution < -0.4 is 5.32 Å². The Balaban J connectivity index is 1.84. The van der Waals surface area contributed by atoms with Gasteiger partial charge < -0.3 is 9.73 Å². The third-order valence-electron chi connectivity index (χ3n) is 2.56. The van der Waals surface area contributed by atoms with Gasteiger partial charge in [-0.15, -0.1) is 22.9 Å². The third-order valence-corrected chi connectivity index (χ3v) is 3.73. The van der Waals surface area contributed by atoms with Crippen LogP contribution in [-0.2, 0) is 23.6 Å². The van der Waals surface area contributed by atoms with Gasteiger partial charge in [-0.3, -0.25) is 4.79 Å². The molecule has 0 spiro atoms. The van der Waals surface area contributed by atoms with E-state index in [4.69, 9.17) is 16.0 Å². The average molecular weight is 300 g/mol. The Morgan fingerprint density at radius 2 is 2.26 bits per heavy atom. The lowest BCUT2D eigenvalue weighted by Crippen LogP contribution is -2.24. The fourth-order valence-electron chi connectivity index (χ4n) is 1.48. The van der Waals surface area contributed by atoms with E-state index in [0.717, 1.165) is 22.2 Å². The molecule has 19 heavy (non-hydrogen) atoms. The smallest absolute Gasteiger partial charge is 0.227 e. The van der Waals surface area contributed by atoms with Crippen LogP contribution in [0.25, 0.3) is 0 Å². The second-order valence-corrected chi connectivity index (χ2v) is 5.28. The predicted octanol–water partition coefficient (Wildman–Crippen LogP) is 2.35. The number of aromatic nitrogens is 2. The fraction of sp³-hybridized carbons (Fsp3) is 0.417. The number of carbonyl (C=O) groups excluding carboxylic acids is 1. The van der Waals surface area contributed by atoms with Crippen LogP contribution in [0.1, 0.15) is 28.0 Å². The SMILES string of the molecule is Cc1nc(CNC(=O)Cc2nc(CCl)cs2)oc1C. The zero-order chi connectivity index (χ0) is 13.8. The number of rotatable bonds is 5. The van der Waals surface area contributed by atoms with E-state index in [2.05, 4.69) is 15.3 Å². The van der Waals surface area contributed by atoms with Crippen LogP contribution in [0.2, 0.25) is 0 Å². The number of nitrogens with zero attached hydrogens (tertiary/aromatic N) is 2. The predicted molar refractivity (Wildman–Crippen MR) is 73.2 cm³/mol. The molecule has 0 saturated carbocycles. The highest BCUT2D eigenvalue weighted by Gasteiger charge is 2.10. The Bertz CT molecular complexity index is 560. The van der Waals surface area contributed by atoms with Crippen LogP contribution >= 0.6 is 22.9 Å². The first-order valence-electron chi connectivity index (χ1n) is 5.77. The minimum atomic E-state index is -0.107. The number of carbonyl (C=O) groups is 1. The van der Waals surface area contributed by atoms with Gasteiger partial charge in [0.2, 0.25) is 11.8 Å². The molecule has 2 rings (SSSR count). The lowest BCUT2D eigenvalue weighted by atomic mass is 10.4. The van der Waals surface area contributed by atoms with Crippen LogP contribution in [-0.4, -0.2) is 15.9 Å². The Labute approximate surface area is 120 Å². The summed E-state index contributed by atoms with van der Waals surface area (Å²) >= 11 is 7.09. The minimum Gasteiger partial charge on any atom is -0.444 e. The topological polar surface area (TPSA) is 68.0 Å². The van der Waals surface area contributed by atoms with E-state index in [1.165, 1.54) is 11.3 Å². The Hall–Kier alpha value is -1.40. The average Bonchev–Trinajstić information content (AvgIpc) is 2.95. The van der Waals surface area contributed by atoms with Gasteiger partial charge in [-0.05, 0) is 13.8 Å².